The summed E-state index contributed by atoms with van der Waals surface area (Å²) >= 11 is 0. The standard InChI is InChI=1S/C10H18O/c1-7(2)9-5-4-8(3)10(11)6-9/h6-8,10-11H,4-5H2,1-3H3/t8-,10+/m0/s1. The summed E-state index contributed by atoms with van der Waals surface area (Å²) in [7, 11) is 0. The van der Waals surface area contributed by atoms with E-state index in [4.69, 9.17) is 0 Å². The molecule has 1 rings (SSSR count). The molecule has 1 heteroatoms. The maximum Gasteiger partial charge on any atom is 0.0749 e. The molecule has 0 aromatic heterocycles. The maximum atomic E-state index is 9.52. The van der Waals surface area contributed by atoms with E-state index in [9.17, 15) is 5.11 Å². The molecule has 0 saturated heterocycles. The van der Waals surface area contributed by atoms with Gasteiger partial charge in [0.2, 0.25) is 0 Å². The smallest absolute Gasteiger partial charge is 0.0749 e. The molecule has 64 valence electrons. The van der Waals surface area contributed by atoms with Crippen LogP contribution in [0.1, 0.15) is 33.6 Å². The average Bonchev–Trinajstić information content (AvgIpc) is 1.94. The van der Waals surface area contributed by atoms with Crippen LogP contribution < -0.4 is 0 Å². The lowest BCUT2D eigenvalue weighted by Gasteiger charge is -2.25. The number of hydrogen-bond acceptors (Lipinski definition) is 1. The van der Waals surface area contributed by atoms with E-state index in [2.05, 4.69) is 20.8 Å². The van der Waals surface area contributed by atoms with Gasteiger partial charge in [-0.2, -0.15) is 0 Å². The van der Waals surface area contributed by atoms with Crippen molar-refractivity contribution in [3.63, 3.8) is 0 Å². The quantitative estimate of drug-likeness (QED) is 0.575. The van der Waals surface area contributed by atoms with Crippen molar-refractivity contribution in [3.8, 4) is 0 Å². The van der Waals surface area contributed by atoms with Crippen LogP contribution in [0.3, 0.4) is 0 Å². The Morgan fingerprint density at radius 1 is 1.55 bits per heavy atom. The summed E-state index contributed by atoms with van der Waals surface area (Å²) in [5, 5.41) is 9.52. The van der Waals surface area contributed by atoms with Gasteiger partial charge in [-0.1, -0.05) is 32.4 Å². The summed E-state index contributed by atoms with van der Waals surface area (Å²) in [6.07, 6.45) is 4.17. The number of aliphatic hydroxyl groups is 1. The molecule has 1 aliphatic rings. The van der Waals surface area contributed by atoms with Gasteiger partial charge in [0.25, 0.3) is 0 Å². The van der Waals surface area contributed by atoms with Gasteiger partial charge in [0, 0.05) is 0 Å². The van der Waals surface area contributed by atoms with Gasteiger partial charge in [-0.3, -0.25) is 0 Å². The molecule has 1 N–H and O–H groups in total. The summed E-state index contributed by atoms with van der Waals surface area (Å²) in [5.41, 5.74) is 1.43. The highest BCUT2D eigenvalue weighted by molar-refractivity contribution is 5.11. The highest BCUT2D eigenvalue weighted by Crippen LogP contribution is 2.27. The molecule has 0 aromatic rings. The lowest BCUT2D eigenvalue weighted by Crippen LogP contribution is -2.21. The zero-order valence-electron chi connectivity index (χ0n) is 7.67. The molecule has 0 heterocycles. The number of hydrogen-bond donors (Lipinski definition) is 1. The number of aliphatic hydroxyl groups excluding tert-OH is 1. The van der Waals surface area contributed by atoms with Gasteiger partial charge < -0.3 is 5.11 Å². The van der Waals surface area contributed by atoms with E-state index < -0.39 is 0 Å². The fraction of sp³-hybridized carbons (Fsp3) is 0.800. The molecule has 1 aliphatic carbocycles. The predicted molar refractivity (Wildman–Crippen MR) is 47.3 cm³/mol. The third-order valence-corrected chi connectivity index (χ3v) is 2.60. The highest BCUT2D eigenvalue weighted by atomic mass is 16.3. The molecule has 0 bridgehead atoms. The molecular weight excluding hydrogens is 136 g/mol. The van der Waals surface area contributed by atoms with Crippen molar-refractivity contribution in [3.05, 3.63) is 11.6 Å². The topological polar surface area (TPSA) is 20.2 Å². The van der Waals surface area contributed by atoms with Crippen molar-refractivity contribution >= 4 is 0 Å². The molecule has 0 spiro atoms. The van der Waals surface area contributed by atoms with Crippen LogP contribution in [-0.4, -0.2) is 11.2 Å². The minimum atomic E-state index is -0.193. The Bertz CT molecular complexity index is 158. The van der Waals surface area contributed by atoms with Crippen molar-refractivity contribution in [1.82, 2.24) is 0 Å². The third-order valence-electron chi connectivity index (χ3n) is 2.60. The molecule has 0 aliphatic heterocycles. The Morgan fingerprint density at radius 3 is 2.64 bits per heavy atom. The molecule has 1 nitrogen and oxygen atoms in total. The van der Waals surface area contributed by atoms with Crippen LogP contribution in [0.5, 0.6) is 0 Å². The van der Waals surface area contributed by atoms with Crippen molar-refractivity contribution < 1.29 is 5.11 Å². The number of rotatable bonds is 1. The lowest BCUT2D eigenvalue weighted by molar-refractivity contribution is 0.146. The first-order valence-electron chi connectivity index (χ1n) is 4.50. The van der Waals surface area contributed by atoms with E-state index in [0.29, 0.717) is 11.8 Å². The molecule has 0 radical (unpaired) electrons. The molecule has 2 atom stereocenters. The average molecular weight is 154 g/mol. The first kappa shape index (κ1) is 8.79. The van der Waals surface area contributed by atoms with Gasteiger partial charge in [0.1, 0.15) is 0 Å². The zero-order chi connectivity index (χ0) is 8.43. The van der Waals surface area contributed by atoms with Crippen LogP contribution in [0.4, 0.5) is 0 Å². The Hall–Kier alpha value is -0.300. The monoisotopic (exact) mass is 154 g/mol. The molecule has 0 fully saturated rings. The van der Waals surface area contributed by atoms with Crippen LogP contribution in [0.15, 0.2) is 11.6 Å². The van der Waals surface area contributed by atoms with E-state index in [0.717, 1.165) is 6.42 Å². The molecule has 11 heavy (non-hydrogen) atoms. The van der Waals surface area contributed by atoms with Crippen molar-refractivity contribution in [2.24, 2.45) is 11.8 Å². The summed E-state index contributed by atoms with van der Waals surface area (Å²) in [5.74, 6) is 1.06. The Kier molecular flexibility index (Phi) is 2.72. The Balaban J connectivity index is 2.63. The first-order valence-corrected chi connectivity index (χ1v) is 4.50. The first-order chi connectivity index (χ1) is 5.11. The van der Waals surface area contributed by atoms with Gasteiger partial charge in [-0.25, -0.2) is 0 Å². The second-order valence-electron chi connectivity index (χ2n) is 3.90. The van der Waals surface area contributed by atoms with Gasteiger partial charge >= 0.3 is 0 Å². The summed E-state index contributed by atoms with van der Waals surface area (Å²) in [6, 6.07) is 0. The second kappa shape index (κ2) is 3.40. The van der Waals surface area contributed by atoms with Crippen LogP contribution in [0, 0.1) is 11.8 Å². The fourth-order valence-electron chi connectivity index (χ4n) is 1.51. The van der Waals surface area contributed by atoms with Crippen molar-refractivity contribution in [1.29, 1.82) is 0 Å². The normalized spacial score (nSPS) is 32.3. The van der Waals surface area contributed by atoms with Gasteiger partial charge in [-0.05, 0) is 24.7 Å². The van der Waals surface area contributed by atoms with Crippen molar-refractivity contribution in [2.45, 2.75) is 39.7 Å². The number of allylic oxidation sites excluding steroid dienone is 1. The van der Waals surface area contributed by atoms with E-state index >= 15 is 0 Å². The summed E-state index contributed by atoms with van der Waals surface area (Å²) in [4.78, 5) is 0. The predicted octanol–water partition coefficient (Wildman–Crippen LogP) is 2.36. The Morgan fingerprint density at radius 2 is 2.18 bits per heavy atom. The zero-order valence-corrected chi connectivity index (χ0v) is 7.67. The van der Waals surface area contributed by atoms with Crippen molar-refractivity contribution in [2.75, 3.05) is 0 Å². The van der Waals surface area contributed by atoms with E-state index in [-0.39, 0.29) is 6.10 Å². The van der Waals surface area contributed by atoms with Crippen LogP contribution in [0.25, 0.3) is 0 Å². The van der Waals surface area contributed by atoms with Crippen LogP contribution in [0.2, 0.25) is 0 Å². The van der Waals surface area contributed by atoms with E-state index in [1.165, 1.54) is 12.0 Å². The molecule has 0 unspecified atom stereocenters. The minimum Gasteiger partial charge on any atom is -0.389 e. The fourth-order valence-corrected chi connectivity index (χ4v) is 1.51. The van der Waals surface area contributed by atoms with E-state index in [1.54, 1.807) is 0 Å². The van der Waals surface area contributed by atoms with Crippen LogP contribution in [-0.2, 0) is 0 Å². The molecular formula is C10H18O. The third kappa shape index (κ3) is 2.06. The lowest BCUT2D eigenvalue weighted by atomic mass is 9.84. The molecule has 0 saturated carbocycles. The highest BCUT2D eigenvalue weighted by Gasteiger charge is 2.19. The second-order valence-corrected chi connectivity index (χ2v) is 3.90. The van der Waals surface area contributed by atoms with Gasteiger partial charge in [0.15, 0.2) is 0 Å². The van der Waals surface area contributed by atoms with Gasteiger partial charge in [-0.15, -0.1) is 0 Å². The minimum absolute atomic E-state index is 0.193. The summed E-state index contributed by atoms with van der Waals surface area (Å²) < 4.78 is 0. The van der Waals surface area contributed by atoms with E-state index in [1.807, 2.05) is 6.08 Å². The molecule has 0 aromatic carbocycles. The van der Waals surface area contributed by atoms with Gasteiger partial charge in [0.05, 0.1) is 6.10 Å². The molecule has 0 amide bonds. The maximum absolute atomic E-state index is 9.52. The largest absolute Gasteiger partial charge is 0.389 e. The summed E-state index contributed by atoms with van der Waals surface area (Å²) in [6.45, 7) is 6.49. The SMILES string of the molecule is CC(C)C1=C[C@@H](O)[C@@H](C)CC1. The Labute approximate surface area is 69.1 Å². The van der Waals surface area contributed by atoms with Crippen LogP contribution >= 0.6 is 0 Å².